The van der Waals surface area contributed by atoms with E-state index in [1.54, 1.807) is 6.92 Å². The number of carbonyl (C=O) groups excluding carboxylic acids is 2. The molecule has 2 heteroatoms. The van der Waals surface area contributed by atoms with Gasteiger partial charge in [-0.05, 0) is 52.5 Å². The molecule has 0 aliphatic carbocycles. The molecule has 0 saturated carbocycles. The van der Waals surface area contributed by atoms with Crippen LogP contribution in [0.4, 0.5) is 0 Å². The van der Waals surface area contributed by atoms with E-state index in [4.69, 9.17) is 0 Å². The first-order valence-electron chi connectivity index (χ1n) is 8.10. The summed E-state index contributed by atoms with van der Waals surface area (Å²) >= 11 is 0. The van der Waals surface area contributed by atoms with Gasteiger partial charge in [0.15, 0.2) is 0 Å². The molecule has 1 unspecified atom stereocenters. The lowest BCUT2D eigenvalue weighted by atomic mass is 9.78. The van der Waals surface area contributed by atoms with Crippen LogP contribution in [0.3, 0.4) is 0 Å². The molecule has 0 spiro atoms. The molecule has 0 fully saturated rings. The summed E-state index contributed by atoms with van der Waals surface area (Å²) in [6, 6.07) is 7.67. The van der Waals surface area contributed by atoms with Gasteiger partial charge < -0.3 is 4.79 Å². The minimum absolute atomic E-state index is 0.0218. The van der Waals surface area contributed by atoms with Crippen LogP contribution in [0.25, 0.3) is 0 Å². The third-order valence-corrected chi connectivity index (χ3v) is 4.13. The minimum Gasteiger partial charge on any atom is -0.302 e. The molecule has 0 saturated heterocycles. The van der Waals surface area contributed by atoms with Crippen LogP contribution < -0.4 is 0 Å². The van der Waals surface area contributed by atoms with E-state index in [1.807, 2.05) is 31.2 Å². The van der Waals surface area contributed by atoms with E-state index in [1.165, 1.54) is 5.57 Å². The van der Waals surface area contributed by atoms with Crippen molar-refractivity contribution in [2.24, 2.45) is 0 Å². The summed E-state index contributed by atoms with van der Waals surface area (Å²) in [7, 11) is 0. The van der Waals surface area contributed by atoms with Gasteiger partial charge in [0, 0.05) is 6.42 Å². The minimum atomic E-state index is -1.01. The van der Waals surface area contributed by atoms with E-state index in [9.17, 15) is 9.59 Å². The van der Waals surface area contributed by atoms with Crippen molar-refractivity contribution in [3.8, 4) is 0 Å². The Balaban J connectivity index is 2.55. The van der Waals surface area contributed by atoms with Crippen molar-refractivity contribution in [1.29, 1.82) is 0 Å². The molecule has 0 aliphatic rings. The summed E-state index contributed by atoms with van der Waals surface area (Å²) in [5.41, 5.74) is 2.25. The number of allylic oxidation sites excluding steroid dienone is 2. The van der Waals surface area contributed by atoms with Gasteiger partial charge in [-0.15, -0.1) is 0 Å². The number of ketones is 1. The molecule has 1 rings (SSSR count). The molecule has 0 radical (unpaired) electrons. The maximum Gasteiger partial charge on any atom is 0.150 e. The maximum absolute atomic E-state index is 12.5. The lowest BCUT2D eigenvalue weighted by Crippen LogP contribution is -2.34. The quantitative estimate of drug-likeness (QED) is 0.280. The number of hydrogen-bond donors (Lipinski definition) is 0. The number of rotatable bonds is 9. The van der Waals surface area contributed by atoms with Crippen LogP contribution in [0.5, 0.6) is 0 Å². The molecule has 0 amide bonds. The average molecular weight is 300 g/mol. The van der Waals surface area contributed by atoms with Gasteiger partial charge in [-0.1, -0.05) is 47.9 Å². The zero-order chi connectivity index (χ0) is 16.6. The van der Waals surface area contributed by atoms with E-state index in [0.29, 0.717) is 6.42 Å². The van der Waals surface area contributed by atoms with E-state index in [0.717, 1.165) is 43.1 Å². The summed E-state index contributed by atoms with van der Waals surface area (Å²) in [5, 5.41) is 0. The number of Topliss-reactive ketones (excluding diaryl/α,β-unsaturated/α-hetero) is 1. The Labute approximate surface area is 134 Å². The monoisotopic (exact) mass is 300 g/mol. The first-order valence-corrected chi connectivity index (χ1v) is 8.10. The first-order chi connectivity index (χ1) is 10.4. The molecule has 120 valence electrons. The van der Waals surface area contributed by atoms with Gasteiger partial charge in [0.25, 0.3) is 0 Å². The molecule has 0 bridgehead atoms. The molecular formula is C20H28O2. The fourth-order valence-electron chi connectivity index (χ4n) is 2.45. The van der Waals surface area contributed by atoms with Crippen LogP contribution in [-0.4, -0.2) is 12.1 Å². The zero-order valence-corrected chi connectivity index (χ0v) is 14.3. The Hall–Kier alpha value is -1.70. The molecule has 0 aromatic heterocycles. The van der Waals surface area contributed by atoms with Crippen molar-refractivity contribution in [3.05, 3.63) is 47.0 Å². The molecule has 0 aliphatic heterocycles. The predicted molar refractivity (Wildman–Crippen MR) is 92.1 cm³/mol. The number of hydrogen-bond acceptors (Lipinski definition) is 2. The Bertz CT molecular complexity index is 521. The van der Waals surface area contributed by atoms with E-state index >= 15 is 0 Å². The van der Waals surface area contributed by atoms with Crippen LogP contribution in [0.15, 0.2) is 35.9 Å². The summed E-state index contributed by atoms with van der Waals surface area (Å²) in [4.78, 5) is 24.0. The van der Waals surface area contributed by atoms with Crippen molar-refractivity contribution >= 4 is 12.1 Å². The number of aryl methyl sites for hydroxylation is 1. The van der Waals surface area contributed by atoms with Crippen molar-refractivity contribution < 1.29 is 9.59 Å². The second-order valence-corrected chi connectivity index (χ2v) is 6.49. The molecule has 1 atom stereocenters. The van der Waals surface area contributed by atoms with Gasteiger partial charge in [-0.2, -0.15) is 0 Å². The average Bonchev–Trinajstić information content (AvgIpc) is 2.50. The standard InChI is InChI=1S/C20H28O2/c1-16(2)9-7-5-6-8-10-19(22)20(4,15-21)18-13-11-17(3)12-14-18/h9,11-15H,5-8,10H2,1-4H3. The Morgan fingerprint density at radius 3 is 2.27 bits per heavy atom. The summed E-state index contributed by atoms with van der Waals surface area (Å²) in [5.74, 6) is 0.0218. The predicted octanol–water partition coefficient (Wildman–Crippen LogP) is 4.94. The molecule has 0 N–H and O–H groups in total. The Morgan fingerprint density at radius 2 is 1.73 bits per heavy atom. The molecule has 0 heterocycles. The Morgan fingerprint density at radius 1 is 1.09 bits per heavy atom. The topological polar surface area (TPSA) is 34.1 Å². The molecule has 22 heavy (non-hydrogen) atoms. The van der Waals surface area contributed by atoms with Gasteiger partial charge in [-0.25, -0.2) is 0 Å². The molecule has 2 nitrogen and oxygen atoms in total. The van der Waals surface area contributed by atoms with Gasteiger partial charge >= 0.3 is 0 Å². The van der Waals surface area contributed by atoms with E-state index in [-0.39, 0.29) is 5.78 Å². The van der Waals surface area contributed by atoms with Gasteiger partial charge in [-0.3, -0.25) is 4.79 Å². The highest BCUT2D eigenvalue weighted by Gasteiger charge is 2.33. The zero-order valence-electron chi connectivity index (χ0n) is 14.3. The fourth-order valence-corrected chi connectivity index (χ4v) is 2.45. The summed E-state index contributed by atoms with van der Waals surface area (Å²) in [6.07, 6.45) is 7.54. The van der Waals surface area contributed by atoms with Crippen LogP contribution in [-0.2, 0) is 15.0 Å². The second-order valence-electron chi connectivity index (χ2n) is 6.49. The third kappa shape index (κ3) is 5.25. The highest BCUT2D eigenvalue weighted by Crippen LogP contribution is 2.25. The van der Waals surface area contributed by atoms with Crippen LogP contribution in [0.1, 0.15) is 64.0 Å². The second kappa shape index (κ2) is 8.67. The third-order valence-electron chi connectivity index (χ3n) is 4.13. The molecule has 1 aromatic carbocycles. The van der Waals surface area contributed by atoms with Gasteiger partial charge in [0.1, 0.15) is 17.5 Å². The van der Waals surface area contributed by atoms with Crippen molar-refractivity contribution in [3.63, 3.8) is 0 Å². The SMILES string of the molecule is CC(C)=CCCCCCC(=O)C(C)(C=O)c1ccc(C)cc1. The highest BCUT2D eigenvalue weighted by molar-refractivity contribution is 6.03. The lowest BCUT2D eigenvalue weighted by Gasteiger charge is -2.22. The fraction of sp³-hybridized carbons (Fsp3) is 0.500. The molecular weight excluding hydrogens is 272 g/mol. The highest BCUT2D eigenvalue weighted by atomic mass is 16.1. The Kier molecular flexibility index (Phi) is 7.23. The van der Waals surface area contributed by atoms with Crippen LogP contribution >= 0.6 is 0 Å². The first kappa shape index (κ1) is 18.3. The van der Waals surface area contributed by atoms with Crippen molar-refractivity contribution in [2.45, 2.75) is 65.2 Å². The maximum atomic E-state index is 12.5. The molecule has 1 aromatic rings. The van der Waals surface area contributed by atoms with E-state index in [2.05, 4.69) is 19.9 Å². The number of benzene rings is 1. The number of aldehydes is 1. The summed E-state index contributed by atoms with van der Waals surface area (Å²) < 4.78 is 0. The van der Waals surface area contributed by atoms with E-state index < -0.39 is 5.41 Å². The van der Waals surface area contributed by atoms with Gasteiger partial charge in [0.2, 0.25) is 0 Å². The van der Waals surface area contributed by atoms with Crippen molar-refractivity contribution in [2.75, 3.05) is 0 Å². The summed E-state index contributed by atoms with van der Waals surface area (Å²) in [6.45, 7) is 7.92. The smallest absolute Gasteiger partial charge is 0.150 e. The van der Waals surface area contributed by atoms with Crippen LogP contribution in [0, 0.1) is 6.92 Å². The number of unbranched alkanes of at least 4 members (excludes halogenated alkanes) is 3. The lowest BCUT2D eigenvalue weighted by molar-refractivity contribution is -0.129. The van der Waals surface area contributed by atoms with Crippen LogP contribution in [0.2, 0.25) is 0 Å². The van der Waals surface area contributed by atoms with Gasteiger partial charge in [0.05, 0.1) is 0 Å². The largest absolute Gasteiger partial charge is 0.302 e. The number of carbonyl (C=O) groups is 2. The normalized spacial score (nSPS) is 13.3. The van der Waals surface area contributed by atoms with Crippen molar-refractivity contribution in [1.82, 2.24) is 0 Å².